The molecule has 0 bridgehead atoms. The van der Waals surface area contributed by atoms with Crippen LogP contribution in [0.25, 0.3) is 11.3 Å². The van der Waals surface area contributed by atoms with Gasteiger partial charge in [0, 0.05) is 11.3 Å². The van der Waals surface area contributed by atoms with E-state index in [2.05, 4.69) is 27.6 Å². The maximum absolute atomic E-state index is 12.6. The molecule has 4 nitrogen and oxygen atoms in total. The molecule has 0 radical (unpaired) electrons. The van der Waals surface area contributed by atoms with E-state index >= 15 is 0 Å². The topological polar surface area (TPSA) is 58.4 Å². The zero-order chi connectivity index (χ0) is 15.6. The van der Waals surface area contributed by atoms with Crippen LogP contribution in [0.4, 0.5) is 18.9 Å². The molecule has 0 aliphatic heterocycles. The second-order valence-electron chi connectivity index (χ2n) is 4.20. The van der Waals surface area contributed by atoms with Gasteiger partial charge < -0.3 is 10.1 Å². The number of aromatic hydroxyl groups is 1. The van der Waals surface area contributed by atoms with E-state index in [-0.39, 0.29) is 40.8 Å². The van der Waals surface area contributed by atoms with Crippen molar-refractivity contribution >= 4 is 11.9 Å². The van der Waals surface area contributed by atoms with Crippen LogP contribution in [0.3, 0.4) is 0 Å². The Bertz CT molecular complexity index is 702. The van der Waals surface area contributed by atoms with E-state index in [1.54, 1.807) is 13.8 Å². The molecule has 0 saturated heterocycles. The van der Waals surface area contributed by atoms with Gasteiger partial charge in [0.05, 0.1) is 5.56 Å². The number of halogens is 3. The van der Waals surface area contributed by atoms with Crippen LogP contribution in [0.1, 0.15) is 18.1 Å². The van der Waals surface area contributed by atoms with Crippen molar-refractivity contribution < 1.29 is 47.8 Å². The quantitative estimate of drug-likeness (QED) is 0.501. The largest absolute Gasteiger partial charge is 1.00 e. The standard InChI is InChI=1S/C14H10F3N3O.Na/c1-3-18-11-7-19-20-13(8(11)2)10-5-4-9(6-12(10)21)14(15,16)17;/h4-6,21H,1-2H3;/q-2;+1. The zero-order valence-corrected chi connectivity index (χ0v) is 14.2. The maximum Gasteiger partial charge on any atom is 1.00 e. The Balaban J connectivity index is 0.00000242. The molecule has 1 aromatic carbocycles. The summed E-state index contributed by atoms with van der Waals surface area (Å²) in [5.41, 5.74) is 0.358. The molecule has 0 spiro atoms. The molecule has 0 unspecified atom stereocenters. The van der Waals surface area contributed by atoms with E-state index in [9.17, 15) is 18.3 Å². The number of aliphatic imine (C=N–C) groups is 1. The van der Waals surface area contributed by atoms with E-state index in [0.29, 0.717) is 17.3 Å². The van der Waals surface area contributed by atoms with Gasteiger partial charge in [-0.2, -0.15) is 30.7 Å². The second kappa shape index (κ2) is 7.21. The molecule has 1 heterocycles. The van der Waals surface area contributed by atoms with E-state index < -0.39 is 17.5 Å². The molecule has 1 aromatic heterocycles. The first-order chi connectivity index (χ1) is 9.84. The fourth-order valence-electron chi connectivity index (χ4n) is 1.78. The Morgan fingerprint density at radius 1 is 1.32 bits per heavy atom. The van der Waals surface area contributed by atoms with Crippen molar-refractivity contribution in [1.29, 1.82) is 0 Å². The predicted molar refractivity (Wildman–Crippen MR) is 70.5 cm³/mol. The maximum atomic E-state index is 12.6. The summed E-state index contributed by atoms with van der Waals surface area (Å²) in [5, 5.41) is 17.2. The minimum absolute atomic E-state index is 0. The minimum Gasteiger partial charge on any atom is -0.507 e. The van der Waals surface area contributed by atoms with Crippen molar-refractivity contribution in [2.24, 2.45) is 4.99 Å². The van der Waals surface area contributed by atoms with E-state index in [1.165, 1.54) is 0 Å². The number of phenols is 1. The Morgan fingerprint density at radius 3 is 2.55 bits per heavy atom. The minimum atomic E-state index is -4.52. The molecular weight excluding hydrogens is 306 g/mol. The molecule has 2 rings (SSSR count). The molecule has 0 fully saturated rings. The molecule has 0 atom stereocenters. The molecule has 22 heavy (non-hydrogen) atoms. The first-order valence-electron chi connectivity index (χ1n) is 5.87. The number of hydrogen-bond donors (Lipinski definition) is 1. The van der Waals surface area contributed by atoms with E-state index in [1.807, 2.05) is 0 Å². The molecule has 0 amide bonds. The number of aromatic nitrogens is 2. The smallest absolute Gasteiger partial charge is 0.507 e. The van der Waals surface area contributed by atoms with Crippen molar-refractivity contribution in [2.75, 3.05) is 0 Å². The molecule has 0 saturated carbocycles. The molecule has 8 heteroatoms. The number of hydrogen-bond acceptors (Lipinski definition) is 4. The van der Waals surface area contributed by atoms with Crippen LogP contribution in [-0.4, -0.2) is 21.5 Å². The van der Waals surface area contributed by atoms with Gasteiger partial charge in [0.25, 0.3) is 0 Å². The van der Waals surface area contributed by atoms with Gasteiger partial charge in [-0.1, -0.05) is 6.07 Å². The number of rotatable bonds is 2. The summed E-state index contributed by atoms with van der Waals surface area (Å²) >= 11 is 0. The molecule has 110 valence electrons. The number of phenolic OH excluding ortho intramolecular Hbond substituents is 1. The van der Waals surface area contributed by atoms with Crippen molar-refractivity contribution in [3.05, 3.63) is 35.5 Å². The first-order valence-corrected chi connectivity index (χ1v) is 5.87. The van der Waals surface area contributed by atoms with Crippen LogP contribution in [0.5, 0.6) is 5.75 Å². The fraction of sp³-hybridized carbons (Fsp3) is 0.214. The van der Waals surface area contributed by atoms with Gasteiger partial charge in [-0.3, -0.25) is 5.10 Å². The number of benzene rings is 1. The van der Waals surface area contributed by atoms with Gasteiger partial charge in [0.1, 0.15) is 5.75 Å². The second-order valence-corrected chi connectivity index (χ2v) is 4.20. The Morgan fingerprint density at radius 2 is 2.00 bits per heavy atom. The average molecular weight is 316 g/mol. The number of nitrogens with zero attached hydrogens (tertiary/aromatic N) is 3. The van der Waals surface area contributed by atoms with Crippen molar-refractivity contribution in [3.63, 3.8) is 0 Å². The van der Waals surface area contributed by atoms with Crippen LogP contribution in [0.2, 0.25) is 0 Å². The van der Waals surface area contributed by atoms with Crippen molar-refractivity contribution in [3.8, 4) is 17.0 Å². The predicted octanol–water partition coefficient (Wildman–Crippen LogP) is 0.580. The normalized spacial score (nSPS) is 11.5. The van der Waals surface area contributed by atoms with Crippen LogP contribution in [-0.2, 0) is 6.18 Å². The van der Waals surface area contributed by atoms with Gasteiger partial charge in [0.2, 0.25) is 0 Å². The van der Waals surface area contributed by atoms with E-state index in [0.717, 1.165) is 12.1 Å². The van der Waals surface area contributed by atoms with Crippen LogP contribution in [0, 0.1) is 13.1 Å². The van der Waals surface area contributed by atoms with Gasteiger partial charge in [-0.15, -0.1) is 13.8 Å². The summed E-state index contributed by atoms with van der Waals surface area (Å²) in [5.74, 6) is -0.524. The molecule has 1 N–H and O–H groups in total. The third-order valence-corrected chi connectivity index (χ3v) is 2.82. The Labute approximate surface area is 147 Å². The summed E-state index contributed by atoms with van der Waals surface area (Å²) in [7, 11) is 0. The van der Waals surface area contributed by atoms with Gasteiger partial charge in [-0.25, -0.2) is 11.3 Å². The summed E-state index contributed by atoms with van der Waals surface area (Å²) in [6.07, 6.45) is 0.593. The van der Waals surface area contributed by atoms with Crippen LogP contribution < -0.4 is 29.6 Å². The monoisotopic (exact) mass is 316 g/mol. The van der Waals surface area contributed by atoms with Gasteiger partial charge in [0.15, 0.2) is 0 Å². The summed E-state index contributed by atoms with van der Waals surface area (Å²) < 4.78 is 37.7. The third kappa shape index (κ3) is 3.85. The molecule has 2 aromatic rings. The average Bonchev–Trinajstić information content (AvgIpc) is 2.41. The van der Waals surface area contributed by atoms with E-state index in [4.69, 9.17) is 0 Å². The van der Waals surface area contributed by atoms with Crippen molar-refractivity contribution in [1.82, 2.24) is 10.2 Å². The van der Waals surface area contributed by atoms with Crippen LogP contribution >= 0.6 is 0 Å². The van der Waals surface area contributed by atoms with Gasteiger partial charge >= 0.3 is 35.7 Å². The Kier molecular flexibility index (Phi) is 6.10. The number of alkyl halides is 3. The zero-order valence-electron chi connectivity index (χ0n) is 12.2. The molecule has 0 aliphatic carbocycles. The fourth-order valence-corrected chi connectivity index (χ4v) is 1.78. The van der Waals surface area contributed by atoms with Crippen LogP contribution in [0.15, 0.2) is 23.2 Å². The molecular formula is C14H10F3N3NaO-. The summed E-state index contributed by atoms with van der Waals surface area (Å²) in [4.78, 5) is 3.91. The molecule has 0 aliphatic rings. The Hall–Kier alpha value is -1.44. The summed E-state index contributed by atoms with van der Waals surface area (Å²) in [6.45, 7) is 3.25. The first kappa shape index (κ1) is 18.6. The van der Waals surface area contributed by atoms with Crippen molar-refractivity contribution in [2.45, 2.75) is 20.0 Å². The third-order valence-electron chi connectivity index (χ3n) is 2.82. The summed E-state index contributed by atoms with van der Waals surface area (Å²) in [6, 6.07) is 2.68. The van der Waals surface area contributed by atoms with Gasteiger partial charge in [-0.05, 0) is 12.1 Å². The SMILES string of the molecule is C[C-]=Nc1[c-]nnc(-c2ccc(C(F)(F)F)cc2O)c1C.[Na+].